The van der Waals surface area contributed by atoms with Crippen LogP contribution < -0.4 is 0 Å². The summed E-state index contributed by atoms with van der Waals surface area (Å²) in [4.78, 5) is 29.8. The Bertz CT molecular complexity index is 792. The Hall–Kier alpha value is -2.28. The van der Waals surface area contributed by atoms with Crippen molar-refractivity contribution in [3.05, 3.63) is 41.2 Å². The molecule has 0 bridgehead atoms. The van der Waals surface area contributed by atoms with E-state index in [1.165, 1.54) is 23.5 Å². The number of carbonyl (C=O) groups excluding carboxylic acids is 1. The van der Waals surface area contributed by atoms with Gasteiger partial charge in [0.05, 0.1) is 18.0 Å². The normalized spacial score (nSPS) is 20.5. The summed E-state index contributed by atoms with van der Waals surface area (Å²) in [6.45, 7) is 2.19. The molecular weight excluding hydrogens is 343 g/mol. The molecule has 1 aliphatic heterocycles. The van der Waals surface area contributed by atoms with Crippen molar-refractivity contribution < 1.29 is 19.1 Å². The molecule has 1 aliphatic rings. The summed E-state index contributed by atoms with van der Waals surface area (Å²) in [6, 6.07) is 6.22. The molecule has 2 unspecified atom stereocenters. The van der Waals surface area contributed by atoms with Crippen molar-refractivity contribution in [1.29, 1.82) is 0 Å². The molecule has 0 saturated carbocycles. The Morgan fingerprint density at radius 1 is 1.40 bits per heavy atom. The molecule has 0 aliphatic carbocycles. The van der Waals surface area contributed by atoms with Gasteiger partial charge in [-0.1, -0.05) is 12.1 Å². The minimum Gasteiger partial charge on any atom is -0.481 e. The van der Waals surface area contributed by atoms with E-state index in [4.69, 9.17) is 0 Å². The Labute approximate surface area is 149 Å². The number of rotatable bonds is 4. The Morgan fingerprint density at radius 3 is 2.92 bits per heavy atom. The van der Waals surface area contributed by atoms with Crippen LogP contribution in [0.1, 0.15) is 25.5 Å². The molecule has 25 heavy (non-hydrogen) atoms. The molecule has 1 amide bonds. The first-order valence-electron chi connectivity index (χ1n) is 8.16. The summed E-state index contributed by atoms with van der Waals surface area (Å²) in [5, 5.41) is 11.6. The second kappa shape index (κ2) is 7.31. The predicted octanol–water partition coefficient (Wildman–Crippen LogP) is 3.20. The summed E-state index contributed by atoms with van der Waals surface area (Å²) in [5.74, 6) is -1.80. The van der Waals surface area contributed by atoms with Gasteiger partial charge in [0.25, 0.3) is 0 Å². The highest BCUT2D eigenvalue weighted by atomic mass is 32.1. The first kappa shape index (κ1) is 17.5. The van der Waals surface area contributed by atoms with Crippen LogP contribution in [0.2, 0.25) is 0 Å². The number of carboxylic acid groups (broad SMARTS) is 1. The van der Waals surface area contributed by atoms with Crippen molar-refractivity contribution >= 4 is 23.2 Å². The molecule has 2 heterocycles. The molecule has 1 N–H and O–H groups in total. The average Bonchev–Trinajstić information content (AvgIpc) is 3.03. The third-order valence-corrected chi connectivity index (χ3v) is 5.45. The van der Waals surface area contributed by atoms with Crippen molar-refractivity contribution in [3.8, 4) is 10.6 Å². The van der Waals surface area contributed by atoms with Crippen molar-refractivity contribution in [3.63, 3.8) is 0 Å². The van der Waals surface area contributed by atoms with Gasteiger partial charge >= 0.3 is 5.97 Å². The lowest BCUT2D eigenvalue weighted by atomic mass is 9.93. The number of benzene rings is 1. The van der Waals surface area contributed by atoms with E-state index < -0.39 is 11.9 Å². The maximum atomic E-state index is 13.3. The molecule has 132 valence electrons. The van der Waals surface area contributed by atoms with Crippen molar-refractivity contribution in [2.45, 2.75) is 32.2 Å². The summed E-state index contributed by atoms with van der Waals surface area (Å²) < 4.78 is 13.3. The van der Waals surface area contributed by atoms with Crippen LogP contribution in [0.3, 0.4) is 0 Å². The van der Waals surface area contributed by atoms with E-state index in [1.54, 1.807) is 22.4 Å². The van der Waals surface area contributed by atoms with Crippen molar-refractivity contribution in [2.75, 3.05) is 6.54 Å². The molecule has 0 spiro atoms. The van der Waals surface area contributed by atoms with Crippen LogP contribution in [0.25, 0.3) is 10.6 Å². The number of hydrogen-bond acceptors (Lipinski definition) is 4. The van der Waals surface area contributed by atoms with Gasteiger partial charge in [0, 0.05) is 23.5 Å². The molecule has 1 aromatic carbocycles. The third-order valence-electron chi connectivity index (χ3n) is 4.51. The number of amides is 1. The highest BCUT2D eigenvalue weighted by Crippen LogP contribution is 2.26. The van der Waals surface area contributed by atoms with Crippen molar-refractivity contribution in [1.82, 2.24) is 9.88 Å². The van der Waals surface area contributed by atoms with Gasteiger partial charge in [0.15, 0.2) is 0 Å². The zero-order chi connectivity index (χ0) is 18.0. The number of nitrogens with zero attached hydrogens (tertiary/aromatic N) is 2. The Morgan fingerprint density at radius 2 is 2.20 bits per heavy atom. The zero-order valence-corrected chi connectivity index (χ0v) is 14.6. The zero-order valence-electron chi connectivity index (χ0n) is 13.8. The summed E-state index contributed by atoms with van der Waals surface area (Å²) in [7, 11) is 0. The molecule has 0 radical (unpaired) electrons. The van der Waals surface area contributed by atoms with E-state index in [0.717, 1.165) is 0 Å². The number of thiazole rings is 1. The van der Waals surface area contributed by atoms with E-state index in [1.807, 2.05) is 6.92 Å². The summed E-state index contributed by atoms with van der Waals surface area (Å²) in [5.41, 5.74) is 1.31. The lowest BCUT2D eigenvalue weighted by molar-refractivity contribution is -0.147. The van der Waals surface area contributed by atoms with Crippen LogP contribution in [-0.4, -0.2) is 39.5 Å². The average molecular weight is 362 g/mol. The maximum absolute atomic E-state index is 13.3. The van der Waals surface area contributed by atoms with Crippen LogP contribution in [0.5, 0.6) is 0 Å². The second-order valence-corrected chi connectivity index (χ2v) is 7.20. The molecule has 2 atom stereocenters. The van der Waals surface area contributed by atoms with E-state index in [2.05, 4.69) is 4.98 Å². The minimum absolute atomic E-state index is 0.0319. The monoisotopic (exact) mass is 362 g/mol. The number of carboxylic acids is 1. The van der Waals surface area contributed by atoms with Gasteiger partial charge in [-0.25, -0.2) is 9.37 Å². The second-order valence-electron chi connectivity index (χ2n) is 6.34. The first-order chi connectivity index (χ1) is 11.9. The molecular formula is C18H19FN2O3S. The highest BCUT2D eigenvalue weighted by Gasteiger charge is 2.32. The highest BCUT2D eigenvalue weighted by molar-refractivity contribution is 7.13. The fraction of sp³-hybridized carbons (Fsp3) is 0.389. The minimum atomic E-state index is -0.855. The predicted molar refractivity (Wildman–Crippen MR) is 92.7 cm³/mol. The number of carbonyl (C=O) groups is 2. The fourth-order valence-corrected chi connectivity index (χ4v) is 3.87. The topological polar surface area (TPSA) is 70.5 Å². The maximum Gasteiger partial charge on any atom is 0.308 e. The van der Waals surface area contributed by atoms with Gasteiger partial charge in [-0.2, -0.15) is 0 Å². The number of hydrogen-bond donors (Lipinski definition) is 1. The van der Waals surface area contributed by atoms with Crippen LogP contribution in [0.15, 0.2) is 29.6 Å². The van der Waals surface area contributed by atoms with Gasteiger partial charge in [0.1, 0.15) is 10.8 Å². The third kappa shape index (κ3) is 4.04. The number of aromatic nitrogens is 1. The smallest absolute Gasteiger partial charge is 0.308 e. The van der Waals surface area contributed by atoms with E-state index >= 15 is 0 Å². The number of piperidine rings is 1. The van der Waals surface area contributed by atoms with Gasteiger partial charge < -0.3 is 10.0 Å². The number of likely N-dealkylation sites (tertiary alicyclic amines) is 1. The SMILES string of the molecule is CC1CCC(C(=O)O)CN1C(=O)Cc1csc(-c2cccc(F)c2)n1. The summed E-state index contributed by atoms with van der Waals surface area (Å²) in [6.07, 6.45) is 1.41. The molecule has 7 heteroatoms. The van der Waals surface area contributed by atoms with E-state index in [9.17, 15) is 19.1 Å². The van der Waals surface area contributed by atoms with E-state index in [0.29, 0.717) is 29.1 Å². The fourth-order valence-electron chi connectivity index (χ4n) is 3.05. The van der Waals surface area contributed by atoms with Crippen LogP contribution in [0.4, 0.5) is 4.39 Å². The lowest BCUT2D eigenvalue weighted by Gasteiger charge is -2.36. The van der Waals surface area contributed by atoms with Gasteiger partial charge in [0.2, 0.25) is 5.91 Å². The number of aliphatic carboxylic acids is 1. The van der Waals surface area contributed by atoms with Crippen LogP contribution in [-0.2, 0) is 16.0 Å². The van der Waals surface area contributed by atoms with Gasteiger partial charge in [-0.15, -0.1) is 11.3 Å². The molecule has 1 fully saturated rings. The van der Waals surface area contributed by atoms with Crippen LogP contribution >= 0.6 is 11.3 Å². The Kier molecular flexibility index (Phi) is 5.13. The largest absolute Gasteiger partial charge is 0.481 e. The van der Waals surface area contributed by atoms with E-state index in [-0.39, 0.29) is 30.7 Å². The quantitative estimate of drug-likeness (QED) is 0.907. The molecule has 3 rings (SSSR count). The van der Waals surface area contributed by atoms with Crippen molar-refractivity contribution in [2.24, 2.45) is 5.92 Å². The molecule has 1 saturated heterocycles. The molecule has 1 aromatic heterocycles. The van der Waals surface area contributed by atoms with Crippen LogP contribution in [0, 0.1) is 11.7 Å². The molecule has 2 aromatic rings. The molecule has 5 nitrogen and oxygen atoms in total. The summed E-state index contributed by atoms with van der Waals surface area (Å²) >= 11 is 1.36. The van der Waals surface area contributed by atoms with Gasteiger partial charge in [-0.3, -0.25) is 9.59 Å². The lowest BCUT2D eigenvalue weighted by Crippen LogP contribution is -2.47. The first-order valence-corrected chi connectivity index (χ1v) is 9.04. The Balaban J connectivity index is 1.70. The van der Waals surface area contributed by atoms with Gasteiger partial charge in [-0.05, 0) is 31.9 Å². The standard InChI is InChI=1S/C18H19FN2O3S/c1-11-5-6-13(18(23)24)9-21(11)16(22)8-15-10-25-17(20-15)12-3-2-4-14(19)7-12/h2-4,7,10-11,13H,5-6,8-9H2,1H3,(H,23,24). The number of halogens is 1.